The molecule has 0 aromatic heterocycles. The first kappa shape index (κ1) is 16.3. The molecule has 1 aliphatic carbocycles. The van der Waals surface area contributed by atoms with Crippen molar-refractivity contribution in [2.24, 2.45) is 17.8 Å². The third kappa shape index (κ3) is 4.19. The van der Waals surface area contributed by atoms with Crippen LogP contribution >= 0.6 is 0 Å². The fourth-order valence-corrected chi connectivity index (χ4v) is 3.61. The van der Waals surface area contributed by atoms with E-state index in [9.17, 15) is 9.59 Å². The monoisotopic (exact) mass is 297 g/mol. The topological polar surface area (TPSA) is 64.6 Å². The van der Waals surface area contributed by atoms with Gasteiger partial charge in [-0.15, -0.1) is 0 Å². The Bertz CT molecular complexity index is 402. The van der Waals surface area contributed by atoms with Crippen molar-refractivity contribution < 1.29 is 19.1 Å². The molecule has 21 heavy (non-hydrogen) atoms. The van der Waals surface area contributed by atoms with E-state index < -0.39 is 5.60 Å². The molecule has 0 bridgehead atoms. The molecule has 0 unspecified atom stereocenters. The molecule has 0 radical (unpaired) electrons. The Morgan fingerprint density at radius 1 is 1.14 bits per heavy atom. The lowest BCUT2D eigenvalue weighted by Gasteiger charge is -2.44. The lowest BCUT2D eigenvalue weighted by Crippen LogP contribution is -2.51. The van der Waals surface area contributed by atoms with E-state index in [0.29, 0.717) is 5.92 Å². The second-order valence-corrected chi connectivity index (χ2v) is 7.20. The number of carbonyl (C=O) groups is 2. The number of carbonyl (C=O) groups excluding carboxylic acids is 2. The van der Waals surface area contributed by atoms with Crippen LogP contribution in [0.4, 0.5) is 0 Å². The van der Waals surface area contributed by atoms with Crippen molar-refractivity contribution in [1.82, 2.24) is 5.32 Å². The molecule has 0 amide bonds. The van der Waals surface area contributed by atoms with E-state index in [1.807, 2.05) is 20.8 Å². The average Bonchev–Trinajstić information content (AvgIpc) is 2.35. The number of hydrogen-bond donors (Lipinski definition) is 1. The van der Waals surface area contributed by atoms with E-state index in [1.54, 1.807) is 0 Å². The van der Waals surface area contributed by atoms with Crippen LogP contribution in [0.15, 0.2) is 0 Å². The molecule has 5 heteroatoms. The predicted octanol–water partition coefficient (Wildman–Crippen LogP) is 1.90. The van der Waals surface area contributed by atoms with Crippen molar-refractivity contribution in [1.29, 1.82) is 0 Å². The smallest absolute Gasteiger partial charge is 0.313 e. The molecular formula is C16H27NO4. The highest BCUT2D eigenvalue weighted by molar-refractivity contribution is 5.75. The van der Waals surface area contributed by atoms with Crippen molar-refractivity contribution in [2.75, 3.05) is 13.1 Å². The van der Waals surface area contributed by atoms with E-state index >= 15 is 0 Å². The normalized spacial score (nSPS) is 33.0. The Kier molecular flexibility index (Phi) is 4.91. The molecule has 4 atom stereocenters. The summed E-state index contributed by atoms with van der Waals surface area (Å²) in [6.45, 7) is 8.86. The number of fused-ring (bicyclic) bond motifs is 1. The van der Waals surface area contributed by atoms with E-state index in [2.05, 4.69) is 5.32 Å². The highest BCUT2D eigenvalue weighted by Gasteiger charge is 2.47. The Morgan fingerprint density at radius 2 is 1.86 bits per heavy atom. The Balaban J connectivity index is 2.17. The molecule has 0 aromatic rings. The predicted molar refractivity (Wildman–Crippen MR) is 78.6 cm³/mol. The number of ether oxygens (including phenoxy) is 2. The summed E-state index contributed by atoms with van der Waals surface area (Å²) in [4.78, 5) is 24.0. The average molecular weight is 297 g/mol. The SMILES string of the molecule is CC(=O)O[C@@H]1CC[C@H]2CNCC[C@H]2[C@H]1C(=O)OC(C)(C)C. The van der Waals surface area contributed by atoms with Crippen LogP contribution in [0.3, 0.4) is 0 Å². The maximum Gasteiger partial charge on any atom is 0.313 e. The number of esters is 2. The van der Waals surface area contributed by atoms with Crippen molar-refractivity contribution in [3.8, 4) is 0 Å². The van der Waals surface area contributed by atoms with Gasteiger partial charge in [0.25, 0.3) is 0 Å². The minimum Gasteiger partial charge on any atom is -0.462 e. The number of rotatable bonds is 2. The van der Waals surface area contributed by atoms with Crippen LogP contribution in [-0.4, -0.2) is 36.7 Å². The van der Waals surface area contributed by atoms with Gasteiger partial charge in [0.05, 0.1) is 5.92 Å². The lowest BCUT2D eigenvalue weighted by atomic mass is 9.67. The molecule has 0 aromatic carbocycles. The van der Waals surface area contributed by atoms with Gasteiger partial charge in [-0.2, -0.15) is 0 Å². The van der Waals surface area contributed by atoms with Crippen LogP contribution in [0.25, 0.3) is 0 Å². The largest absolute Gasteiger partial charge is 0.462 e. The van der Waals surface area contributed by atoms with Gasteiger partial charge in [0.15, 0.2) is 0 Å². The van der Waals surface area contributed by atoms with E-state index in [4.69, 9.17) is 9.47 Å². The second-order valence-electron chi connectivity index (χ2n) is 7.20. The molecule has 1 heterocycles. The summed E-state index contributed by atoms with van der Waals surface area (Å²) in [6, 6.07) is 0. The third-order valence-corrected chi connectivity index (χ3v) is 4.35. The molecule has 1 aliphatic heterocycles. The first-order valence-corrected chi connectivity index (χ1v) is 7.89. The molecule has 0 spiro atoms. The highest BCUT2D eigenvalue weighted by Crippen LogP contribution is 2.41. The van der Waals surface area contributed by atoms with Crippen LogP contribution in [0.1, 0.15) is 47.0 Å². The minimum atomic E-state index is -0.516. The van der Waals surface area contributed by atoms with Gasteiger partial charge in [0.2, 0.25) is 0 Å². The quantitative estimate of drug-likeness (QED) is 0.789. The molecule has 2 aliphatic rings. The van der Waals surface area contributed by atoms with Crippen LogP contribution < -0.4 is 5.32 Å². The summed E-state index contributed by atoms with van der Waals surface area (Å²) < 4.78 is 11.0. The molecule has 5 nitrogen and oxygen atoms in total. The number of piperidine rings is 1. The zero-order valence-electron chi connectivity index (χ0n) is 13.5. The van der Waals surface area contributed by atoms with Gasteiger partial charge in [-0.3, -0.25) is 9.59 Å². The Hall–Kier alpha value is -1.10. The zero-order valence-corrected chi connectivity index (χ0v) is 13.5. The maximum absolute atomic E-state index is 12.6. The van der Waals surface area contributed by atoms with Crippen molar-refractivity contribution in [3.05, 3.63) is 0 Å². The highest BCUT2D eigenvalue weighted by atomic mass is 16.6. The van der Waals surface area contributed by atoms with Crippen molar-refractivity contribution in [2.45, 2.75) is 58.7 Å². The van der Waals surface area contributed by atoms with Gasteiger partial charge >= 0.3 is 11.9 Å². The van der Waals surface area contributed by atoms with Gasteiger partial charge in [-0.25, -0.2) is 0 Å². The molecule has 1 saturated heterocycles. The standard InChI is InChI=1S/C16H27NO4/c1-10(18)20-13-6-5-11-9-17-8-7-12(11)14(13)15(19)21-16(2,3)4/h11-14,17H,5-9H2,1-4H3/t11-,12+,13+,14+/m0/s1. The Morgan fingerprint density at radius 3 is 2.48 bits per heavy atom. The summed E-state index contributed by atoms with van der Waals surface area (Å²) in [5, 5.41) is 3.39. The van der Waals surface area contributed by atoms with Gasteiger partial charge in [0, 0.05) is 6.92 Å². The van der Waals surface area contributed by atoms with E-state index in [0.717, 1.165) is 32.4 Å². The van der Waals surface area contributed by atoms with Gasteiger partial charge < -0.3 is 14.8 Å². The zero-order chi connectivity index (χ0) is 15.6. The number of hydrogen-bond acceptors (Lipinski definition) is 5. The summed E-state index contributed by atoms with van der Waals surface area (Å²) in [6.07, 6.45) is 2.34. The van der Waals surface area contributed by atoms with E-state index in [1.165, 1.54) is 6.92 Å². The van der Waals surface area contributed by atoms with Crippen LogP contribution in [0.2, 0.25) is 0 Å². The summed E-state index contributed by atoms with van der Waals surface area (Å²) >= 11 is 0. The molecular weight excluding hydrogens is 270 g/mol. The van der Waals surface area contributed by atoms with Crippen molar-refractivity contribution >= 4 is 11.9 Å². The first-order valence-electron chi connectivity index (χ1n) is 7.89. The molecule has 120 valence electrons. The Labute approximate surface area is 126 Å². The minimum absolute atomic E-state index is 0.217. The van der Waals surface area contributed by atoms with E-state index in [-0.39, 0.29) is 29.9 Å². The maximum atomic E-state index is 12.6. The fourth-order valence-electron chi connectivity index (χ4n) is 3.61. The van der Waals surface area contributed by atoms with Crippen molar-refractivity contribution in [3.63, 3.8) is 0 Å². The van der Waals surface area contributed by atoms with Gasteiger partial charge in [0.1, 0.15) is 11.7 Å². The second kappa shape index (κ2) is 6.34. The lowest BCUT2D eigenvalue weighted by molar-refractivity contribution is -0.178. The molecule has 1 saturated carbocycles. The summed E-state index contributed by atoms with van der Waals surface area (Å²) in [5.74, 6) is -0.137. The molecule has 2 fully saturated rings. The third-order valence-electron chi connectivity index (χ3n) is 4.35. The van der Waals surface area contributed by atoms with Gasteiger partial charge in [-0.1, -0.05) is 0 Å². The fraction of sp³-hybridized carbons (Fsp3) is 0.875. The molecule has 2 rings (SSSR count). The first-order chi connectivity index (χ1) is 9.78. The van der Waals surface area contributed by atoms with Crippen LogP contribution in [-0.2, 0) is 19.1 Å². The summed E-state index contributed by atoms with van der Waals surface area (Å²) in [7, 11) is 0. The van der Waals surface area contributed by atoms with Crippen LogP contribution in [0, 0.1) is 17.8 Å². The summed E-state index contributed by atoms with van der Waals surface area (Å²) in [5.41, 5.74) is -0.516. The molecule has 1 N–H and O–H groups in total. The van der Waals surface area contributed by atoms with Gasteiger partial charge in [-0.05, 0) is 65.0 Å². The van der Waals surface area contributed by atoms with Crippen LogP contribution in [0.5, 0.6) is 0 Å². The number of nitrogens with one attached hydrogen (secondary N) is 1.